The summed E-state index contributed by atoms with van der Waals surface area (Å²) in [6, 6.07) is 7.10. The number of carbonyl (C=O) groups is 1. The van der Waals surface area contributed by atoms with Gasteiger partial charge in [0.2, 0.25) is 0 Å². The predicted octanol–water partition coefficient (Wildman–Crippen LogP) is 5.13. The van der Waals surface area contributed by atoms with Crippen molar-refractivity contribution in [1.29, 1.82) is 0 Å². The maximum absolute atomic E-state index is 12.6. The molecule has 0 saturated carbocycles. The number of unbranched alkanes of at least 4 members (excludes halogenated alkanes) is 1. The summed E-state index contributed by atoms with van der Waals surface area (Å²) in [5.41, 5.74) is 0.684. The molecule has 0 bridgehead atoms. The van der Waals surface area contributed by atoms with Crippen molar-refractivity contribution in [3.63, 3.8) is 0 Å². The highest BCUT2D eigenvalue weighted by Crippen LogP contribution is 2.21. The second-order valence-corrected chi connectivity index (χ2v) is 7.06. The number of benzene rings is 1. The van der Waals surface area contributed by atoms with Crippen molar-refractivity contribution in [3.8, 4) is 0 Å². The fourth-order valence-corrected chi connectivity index (χ4v) is 2.60. The molecule has 9 heteroatoms. The molecule has 0 unspecified atom stereocenters. The Balaban J connectivity index is 0.000000972. The van der Waals surface area contributed by atoms with Crippen molar-refractivity contribution in [3.05, 3.63) is 41.4 Å². The molecule has 4 nitrogen and oxygen atoms in total. The minimum atomic E-state index is -4.82. The van der Waals surface area contributed by atoms with Crippen molar-refractivity contribution in [1.82, 2.24) is 9.62 Å². The van der Waals surface area contributed by atoms with Crippen LogP contribution >= 0.6 is 23.7 Å². The lowest BCUT2D eigenvalue weighted by Crippen LogP contribution is -2.41. The molecule has 1 aromatic carbocycles. The van der Waals surface area contributed by atoms with Crippen LogP contribution in [-0.2, 0) is 11.3 Å². The van der Waals surface area contributed by atoms with E-state index in [1.807, 2.05) is 30.7 Å². The van der Waals surface area contributed by atoms with Crippen LogP contribution in [0.2, 0.25) is 0 Å². The molecule has 0 fully saturated rings. The second kappa shape index (κ2) is 14.6. The molecule has 0 spiro atoms. The van der Waals surface area contributed by atoms with Crippen LogP contribution in [-0.4, -0.2) is 43.5 Å². The molecule has 27 heavy (non-hydrogen) atoms. The zero-order valence-corrected chi connectivity index (χ0v) is 17.4. The van der Waals surface area contributed by atoms with Gasteiger partial charge in [0.1, 0.15) is 0 Å². The first-order chi connectivity index (χ1) is 12.8. The number of hydrogen-bond donors (Lipinski definition) is 1. The number of rotatable bonds is 9. The smallest absolute Gasteiger partial charge is 0.331 e. The Labute approximate surface area is 167 Å². The van der Waals surface area contributed by atoms with Gasteiger partial charge in [-0.1, -0.05) is 25.5 Å². The first-order valence-corrected chi connectivity index (χ1v) is 10.3. The van der Waals surface area contributed by atoms with Crippen molar-refractivity contribution >= 4 is 36.3 Å². The SMILES string of the molecule is C=N/C=C\SC.CCCCN(Cc1ccc(SNC)cc1)C(=O)C(F)(F)F. The Morgan fingerprint density at radius 1 is 1.33 bits per heavy atom. The van der Waals surface area contributed by atoms with Crippen molar-refractivity contribution < 1.29 is 18.0 Å². The van der Waals surface area contributed by atoms with Gasteiger partial charge in [-0.3, -0.25) is 14.5 Å². The molecule has 0 aliphatic rings. The lowest BCUT2D eigenvalue weighted by atomic mass is 10.2. The van der Waals surface area contributed by atoms with Crippen LogP contribution in [0.25, 0.3) is 0 Å². The predicted molar refractivity (Wildman–Crippen MR) is 110 cm³/mol. The van der Waals surface area contributed by atoms with Crippen LogP contribution in [0.4, 0.5) is 13.2 Å². The maximum atomic E-state index is 12.6. The standard InChI is InChI=1S/C14H19F3N2OS.C4H7NS/c1-3-4-9-19(13(20)14(15,16)17)10-11-5-7-12(8-6-11)21-18-2;1-5-3-4-6-2/h5-8,18H,3-4,9-10H2,1-2H3;3-4H,1H2,2H3/b;4-3-. The first-order valence-electron chi connectivity index (χ1n) is 8.22. The van der Waals surface area contributed by atoms with E-state index in [1.165, 1.54) is 11.9 Å². The van der Waals surface area contributed by atoms with Gasteiger partial charge in [0.05, 0.1) is 0 Å². The summed E-state index contributed by atoms with van der Waals surface area (Å²) in [7, 11) is 1.78. The molecule has 0 saturated heterocycles. The van der Waals surface area contributed by atoms with Gasteiger partial charge in [-0.05, 0) is 61.5 Å². The summed E-state index contributed by atoms with van der Waals surface area (Å²) in [5.74, 6) is -1.77. The van der Waals surface area contributed by atoms with Gasteiger partial charge in [-0.15, -0.1) is 11.8 Å². The van der Waals surface area contributed by atoms with E-state index in [0.29, 0.717) is 12.0 Å². The molecule has 0 heterocycles. The summed E-state index contributed by atoms with van der Waals surface area (Å²) >= 11 is 3.03. The highest BCUT2D eigenvalue weighted by molar-refractivity contribution is 8.01. The topological polar surface area (TPSA) is 44.7 Å². The molecule has 0 aromatic heterocycles. The van der Waals surface area contributed by atoms with Gasteiger partial charge in [0.25, 0.3) is 0 Å². The quantitative estimate of drug-likeness (QED) is 0.444. The fraction of sp³-hybridized carbons (Fsp3) is 0.444. The monoisotopic (exact) mass is 421 g/mol. The Kier molecular flexibility index (Phi) is 13.8. The van der Waals surface area contributed by atoms with E-state index < -0.39 is 12.1 Å². The minimum absolute atomic E-state index is 0.0250. The summed E-state index contributed by atoms with van der Waals surface area (Å²) in [5, 5.41) is 1.87. The zero-order valence-electron chi connectivity index (χ0n) is 15.8. The molecule has 152 valence electrons. The molecule has 1 amide bonds. The normalized spacial score (nSPS) is 11.0. The summed E-state index contributed by atoms with van der Waals surface area (Å²) in [6.07, 6.45) is 0.0942. The Hall–Kier alpha value is -1.45. The number of amides is 1. The van der Waals surface area contributed by atoms with E-state index in [1.54, 1.807) is 37.1 Å². The molecule has 0 aliphatic heterocycles. The lowest BCUT2D eigenvalue weighted by molar-refractivity contribution is -0.186. The van der Waals surface area contributed by atoms with Gasteiger partial charge in [-0.25, -0.2) is 0 Å². The number of thioether (sulfide) groups is 1. The number of hydrogen-bond acceptors (Lipinski definition) is 5. The second-order valence-electron chi connectivity index (χ2n) is 5.23. The summed E-state index contributed by atoms with van der Waals surface area (Å²) in [6.45, 7) is 5.21. The Bertz CT molecular complexity index is 578. The van der Waals surface area contributed by atoms with Crippen LogP contribution in [0, 0.1) is 0 Å². The molecule has 1 aromatic rings. The first kappa shape index (κ1) is 25.6. The summed E-state index contributed by atoms with van der Waals surface area (Å²) < 4.78 is 40.7. The van der Waals surface area contributed by atoms with E-state index in [4.69, 9.17) is 0 Å². The van der Waals surface area contributed by atoms with Crippen LogP contribution in [0.15, 0.2) is 45.8 Å². The van der Waals surface area contributed by atoms with Gasteiger partial charge in [0.15, 0.2) is 0 Å². The maximum Gasteiger partial charge on any atom is 0.471 e. The van der Waals surface area contributed by atoms with Crippen LogP contribution in [0.1, 0.15) is 25.3 Å². The molecular weight excluding hydrogens is 395 g/mol. The van der Waals surface area contributed by atoms with Gasteiger partial charge < -0.3 is 4.90 Å². The largest absolute Gasteiger partial charge is 0.471 e. The van der Waals surface area contributed by atoms with Crippen molar-refractivity contribution in [2.24, 2.45) is 4.99 Å². The van der Waals surface area contributed by atoms with E-state index in [-0.39, 0.29) is 13.1 Å². The number of carbonyl (C=O) groups excluding carboxylic acids is 1. The van der Waals surface area contributed by atoms with Gasteiger partial charge >= 0.3 is 12.1 Å². The van der Waals surface area contributed by atoms with E-state index in [2.05, 4.69) is 16.4 Å². The van der Waals surface area contributed by atoms with Crippen LogP contribution < -0.4 is 4.72 Å². The number of nitrogens with one attached hydrogen (secondary N) is 1. The molecule has 1 rings (SSSR count). The number of halogens is 3. The third-order valence-corrected chi connectivity index (χ3v) is 4.24. The average Bonchev–Trinajstić information content (AvgIpc) is 2.64. The van der Waals surface area contributed by atoms with Crippen LogP contribution in [0.5, 0.6) is 0 Å². The van der Waals surface area contributed by atoms with Gasteiger partial charge in [0, 0.05) is 24.2 Å². The van der Waals surface area contributed by atoms with E-state index in [9.17, 15) is 18.0 Å². The third-order valence-electron chi connectivity index (χ3n) is 3.13. The van der Waals surface area contributed by atoms with Gasteiger partial charge in [-0.2, -0.15) is 13.2 Å². The van der Waals surface area contributed by atoms with E-state index in [0.717, 1.165) is 16.2 Å². The number of aliphatic imine (C=N–C) groups is 1. The highest BCUT2D eigenvalue weighted by atomic mass is 32.2. The zero-order chi connectivity index (χ0) is 20.7. The van der Waals surface area contributed by atoms with E-state index >= 15 is 0 Å². The Morgan fingerprint density at radius 3 is 2.37 bits per heavy atom. The molecule has 1 N–H and O–H groups in total. The molecule has 0 radical (unpaired) electrons. The fourth-order valence-electron chi connectivity index (χ4n) is 1.89. The average molecular weight is 422 g/mol. The van der Waals surface area contributed by atoms with Crippen molar-refractivity contribution in [2.75, 3.05) is 19.8 Å². The highest BCUT2D eigenvalue weighted by Gasteiger charge is 2.42. The molecule has 0 aliphatic carbocycles. The molecule has 0 atom stereocenters. The molecular formula is C18H26F3N3OS2. The third kappa shape index (κ3) is 11.8. The minimum Gasteiger partial charge on any atom is -0.331 e. The number of nitrogens with zero attached hydrogens (tertiary/aromatic N) is 2. The Morgan fingerprint density at radius 2 is 1.96 bits per heavy atom. The lowest BCUT2D eigenvalue weighted by Gasteiger charge is -2.23. The van der Waals surface area contributed by atoms with Crippen LogP contribution in [0.3, 0.4) is 0 Å². The number of alkyl halides is 3. The van der Waals surface area contributed by atoms with Crippen molar-refractivity contribution in [2.45, 2.75) is 37.4 Å². The summed E-state index contributed by atoms with van der Waals surface area (Å²) in [4.78, 5) is 16.7.